The number of thioether (sulfide) groups is 1. The number of carbonyl (C=O) groups is 2. The third kappa shape index (κ3) is 10.2. The third-order valence-corrected chi connectivity index (χ3v) is 12.0. The van der Waals surface area contributed by atoms with Crippen LogP contribution >= 0.6 is 23.4 Å². The summed E-state index contributed by atoms with van der Waals surface area (Å²) in [6, 6.07) is 9.81. The molecule has 4 aromatic rings. The van der Waals surface area contributed by atoms with E-state index in [-0.39, 0.29) is 11.6 Å². The van der Waals surface area contributed by atoms with Crippen molar-refractivity contribution >= 4 is 45.3 Å². The van der Waals surface area contributed by atoms with Gasteiger partial charge >= 0.3 is 18.1 Å². The maximum Gasteiger partial charge on any atom is 0.491 e. The van der Waals surface area contributed by atoms with E-state index in [0.717, 1.165) is 24.2 Å². The van der Waals surface area contributed by atoms with Crippen molar-refractivity contribution in [1.29, 1.82) is 0 Å². The van der Waals surface area contributed by atoms with Crippen LogP contribution in [0.25, 0.3) is 5.69 Å². The van der Waals surface area contributed by atoms with E-state index < -0.39 is 79.8 Å². The maximum absolute atomic E-state index is 15.8. The molecule has 19 heteroatoms. The molecule has 0 saturated carbocycles. The molecule has 56 heavy (non-hydrogen) atoms. The molecule has 0 aliphatic carbocycles. The molecule has 0 saturated heterocycles. The number of methoxy groups -OCH3 is 1. The summed E-state index contributed by atoms with van der Waals surface area (Å²) in [5, 5.41) is 0.639. The van der Waals surface area contributed by atoms with Crippen molar-refractivity contribution in [2.75, 3.05) is 41.3 Å². The van der Waals surface area contributed by atoms with E-state index in [1.165, 1.54) is 31.4 Å². The Morgan fingerprint density at radius 3 is 2.16 bits per heavy atom. The van der Waals surface area contributed by atoms with Crippen LogP contribution in [0.3, 0.4) is 0 Å². The second-order valence-electron chi connectivity index (χ2n) is 14.2. The highest BCUT2D eigenvalue weighted by atomic mass is 35.5. The predicted molar refractivity (Wildman–Crippen MR) is 198 cm³/mol. The van der Waals surface area contributed by atoms with Crippen LogP contribution in [0.2, 0.25) is 5.02 Å². The van der Waals surface area contributed by atoms with Crippen molar-refractivity contribution in [3.05, 3.63) is 100 Å². The number of quaternary nitrogens is 1. The van der Waals surface area contributed by atoms with Crippen LogP contribution in [0.5, 0.6) is 5.75 Å². The Bertz CT molecular complexity index is 2170. The predicted octanol–water partition coefficient (Wildman–Crippen LogP) is 7.68. The van der Waals surface area contributed by atoms with Gasteiger partial charge in [0.25, 0.3) is 0 Å². The van der Waals surface area contributed by atoms with E-state index in [2.05, 4.69) is 9.72 Å². The number of alkyl halides is 3. The second kappa shape index (κ2) is 17.2. The molecule has 0 aliphatic rings. The molecule has 1 heterocycles. The van der Waals surface area contributed by atoms with Crippen LogP contribution in [0, 0.1) is 17.5 Å². The molecule has 0 N–H and O–H groups in total. The monoisotopic (exact) mass is 849 g/mol. The summed E-state index contributed by atoms with van der Waals surface area (Å²) in [6.45, 7) is 4.56. The van der Waals surface area contributed by atoms with Gasteiger partial charge in [0.2, 0.25) is 10.0 Å². The van der Waals surface area contributed by atoms with E-state index >= 15 is 8.78 Å². The summed E-state index contributed by atoms with van der Waals surface area (Å²) in [7, 11) is 1.85. The summed E-state index contributed by atoms with van der Waals surface area (Å²) in [6.07, 6.45) is -3.91. The fourth-order valence-electron chi connectivity index (χ4n) is 5.63. The van der Waals surface area contributed by atoms with E-state index in [4.69, 9.17) is 16.3 Å². The number of rotatable bonds is 15. The highest BCUT2D eigenvalue weighted by Crippen LogP contribution is 2.40. The minimum absolute atomic E-state index is 0.0678. The number of imidazole rings is 1. The number of aromatic nitrogens is 2. The van der Waals surface area contributed by atoms with Gasteiger partial charge in [-0.25, -0.2) is 36.2 Å². The largest absolute Gasteiger partial charge is 0.495 e. The van der Waals surface area contributed by atoms with Gasteiger partial charge in [0.05, 0.1) is 56.6 Å². The van der Waals surface area contributed by atoms with E-state index in [1.54, 1.807) is 50.1 Å². The zero-order chi connectivity index (χ0) is 42.0. The number of sulfonamides is 1. The Hall–Kier alpha value is -4.10. The molecular formula is C37H40ClF6N4O6S2+. The van der Waals surface area contributed by atoms with Crippen LogP contribution < -0.4 is 4.74 Å². The molecule has 4 rings (SSSR count). The van der Waals surface area contributed by atoms with Crippen LogP contribution in [0.4, 0.5) is 26.3 Å². The van der Waals surface area contributed by atoms with Crippen LogP contribution in [0.1, 0.15) is 44.0 Å². The Kier molecular flexibility index (Phi) is 13.7. The molecule has 1 atom stereocenters. The van der Waals surface area contributed by atoms with Gasteiger partial charge in [0.1, 0.15) is 29.2 Å². The van der Waals surface area contributed by atoms with E-state index in [9.17, 15) is 35.6 Å². The fraction of sp³-hybridized carbons (Fsp3) is 0.378. The molecule has 1 aromatic heterocycles. The molecular weight excluding hydrogens is 810 g/mol. The zero-order valence-corrected chi connectivity index (χ0v) is 33.8. The molecule has 0 fully saturated rings. The number of hydrogen-bond donors (Lipinski definition) is 0. The van der Waals surface area contributed by atoms with Gasteiger partial charge in [-0.1, -0.05) is 43.3 Å². The Morgan fingerprint density at radius 2 is 1.61 bits per heavy atom. The fourth-order valence-corrected chi connectivity index (χ4v) is 8.48. The minimum atomic E-state index is -5.54. The summed E-state index contributed by atoms with van der Waals surface area (Å²) in [5.74, 6) is -7.72. The molecule has 0 bridgehead atoms. The van der Waals surface area contributed by atoms with Gasteiger partial charge in [0, 0.05) is 35.4 Å². The molecule has 0 spiro atoms. The molecule has 0 amide bonds. The van der Waals surface area contributed by atoms with Gasteiger partial charge in [-0.15, -0.1) is 0 Å². The Labute approximate surface area is 330 Å². The van der Waals surface area contributed by atoms with Gasteiger partial charge in [-0.05, 0) is 61.0 Å². The van der Waals surface area contributed by atoms with Crippen molar-refractivity contribution in [3.8, 4) is 11.4 Å². The molecule has 304 valence electrons. The number of halogens is 7. The highest BCUT2D eigenvalue weighted by molar-refractivity contribution is 7.98. The number of carbonyl (C=O) groups excluding carboxylic acids is 2. The van der Waals surface area contributed by atoms with Crippen LogP contribution in [-0.4, -0.2) is 92.3 Å². The van der Waals surface area contributed by atoms with Gasteiger partial charge < -0.3 is 14.0 Å². The average molecular weight is 850 g/mol. The number of esters is 2. The van der Waals surface area contributed by atoms with Crippen molar-refractivity contribution in [2.24, 2.45) is 0 Å². The quantitative estimate of drug-likeness (QED) is 0.0395. The molecule has 1 unspecified atom stereocenters. The lowest BCUT2D eigenvalue weighted by Gasteiger charge is -2.29. The first kappa shape index (κ1) is 44.6. The van der Waals surface area contributed by atoms with Gasteiger partial charge in [-0.2, -0.15) is 17.5 Å². The summed E-state index contributed by atoms with van der Waals surface area (Å²) < 4.78 is 123. The Morgan fingerprint density at radius 1 is 1.00 bits per heavy atom. The van der Waals surface area contributed by atoms with Crippen molar-refractivity contribution in [2.45, 2.75) is 60.6 Å². The molecule has 10 nitrogen and oxygen atoms in total. The van der Waals surface area contributed by atoms with E-state index in [1.807, 2.05) is 13.8 Å². The lowest BCUT2D eigenvalue weighted by Crippen LogP contribution is -2.47. The first-order chi connectivity index (χ1) is 25.9. The van der Waals surface area contributed by atoms with Crippen LogP contribution in [0.15, 0.2) is 70.8 Å². The smallest absolute Gasteiger partial charge is 0.491 e. The Balaban J connectivity index is 1.70. The third-order valence-electron chi connectivity index (χ3n) is 8.80. The lowest BCUT2D eigenvalue weighted by molar-refractivity contribution is -0.870. The number of nitrogens with zero attached hydrogens (tertiary/aromatic N) is 4. The number of hydrogen-bond acceptors (Lipinski definition) is 8. The minimum Gasteiger partial charge on any atom is -0.495 e. The topological polar surface area (TPSA) is 108 Å². The molecule has 3 aromatic carbocycles. The normalized spacial score (nSPS) is 13.2. The van der Waals surface area contributed by atoms with Crippen molar-refractivity contribution in [1.82, 2.24) is 13.9 Å². The first-order valence-electron chi connectivity index (χ1n) is 16.8. The zero-order valence-electron chi connectivity index (χ0n) is 31.4. The van der Waals surface area contributed by atoms with Crippen molar-refractivity contribution in [3.63, 3.8) is 0 Å². The van der Waals surface area contributed by atoms with Gasteiger partial charge in [-0.3, -0.25) is 4.57 Å². The maximum atomic E-state index is 15.8. The first-order valence-corrected chi connectivity index (χ1v) is 19.6. The van der Waals surface area contributed by atoms with E-state index in [0.29, 0.717) is 49.6 Å². The van der Waals surface area contributed by atoms with Gasteiger partial charge in [0.15, 0.2) is 5.16 Å². The summed E-state index contributed by atoms with van der Waals surface area (Å²) >= 11 is 7.17. The number of ether oxygens (including phenoxy) is 2. The average Bonchev–Trinajstić information content (AvgIpc) is 3.53. The summed E-state index contributed by atoms with van der Waals surface area (Å²) in [4.78, 5) is 27.5. The number of benzene rings is 3. The second-order valence-corrected chi connectivity index (χ2v) is 17.5. The summed E-state index contributed by atoms with van der Waals surface area (Å²) in [5.41, 5.74) is 0.534. The lowest BCUT2D eigenvalue weighted by atomic mass is 9.81. The standard InChI is InChI=1S/C37H40ClF6N4O6S2/c1-22(33(49)54-34(50)37(42,43)44)46(15-8-16-48(4,5)6)56(51,52)26-18-29(40)27(30(41)19-26)21-55-35-45-20-32(47(35)25-12-10-24(39)11-13-25)36(2,3)23-9-14-28(38)31(17-23)53-7/h9-14,17-20,22H,8,15-16,21H2,1-7H3/q+1. The molecule has 0 radical (unpaired) electrons. The molecule has 0 aliphatic heterocycles. The van der Waals surface area contributed by atoms with Crippen molar-refractivity contribution < 1.29 is 58.3 Å². The SMILES string of the molecule is COc1cc(C(C)(C)c2cnc(SCc3c(F)cc(S(=O)(=O)N(CCC[N+](C)(C)C)C(C)C(=O)OC(=O)C(F)(F)F)cc3F)n2-c2ccc(F)cc2)ccc1Cl. The highest BCUT2D eigenvalue weighted by Gasteiger charge is 2.45. The van der Waals surface area contributed by atoms with Crippen LogP contribution in [-0.2, 0) is 35.5 Å².